The molecule has 26 heavy (non-hydrogen) atoms. The second-order valence-electron chi connectivity index (χ2n) is 6.13. The Morgan fingerprint density at radius 3 is 2.85 bits per heavy atom. The van der Waals surface area contributed by atoms with Crippen molar-refractivity contribution in [2.24, 2.45) is 4.99 Å². The highest BCUT2D eigenvalue weighted by Gasteiger charge is 2.11. The molecule has 0 saturated heterocycles. The highest BCUT2D eigenvalue weighted by Crippen LogP contribution is 2.15. The molecule has 2 heterocycles. The van der Waals surface area contributed by atoms with Gasteiger partial charge in [0, 0.05) is 18.9 Å². The van der Waals surface area contributed by atoms with E-state index in [1.54, 1.807) is 6.20 Å². The number of guanidine groups is 1. The molecule has 0 aliphatic carbocycles. The maximum absolute atomic E-state index is 5.69. The van der Waals surface area contributed by atoms with Gasteiger partial charge in [0.1, 0.15) is 11.5 Å². The summed E-state index contributed by atoms with van der Waals surface area (Å²) in [6.45, 7) is 7.43. The first-order valence-electron chi connectivity index (χ1n) is 8.86. The van der Waals surface area contributed by atoms with Gasteiger partial charge in [-0.2, -0.15) is 5.10 Å². The minimum Gasteiger partial charge on any atom is -0.464 e. The van der Waals surface area contributed by atoms with Crippen molar-refractivity contribution in [2.45, 2.75) is 33.4 Å². The zero-order valence-corrected chi connectivity index (χ0v) is 15.4. The molecule has 1 unspecified atom stereocenters. The van der Waals surface area contributed by atoms with Crippen LogP contribution >= 0.6 is 0 Å². The van der Waals surface area contributed by atoms with Crippen LogP contribution in [-0.4, -0.2) is 22.3 Å². The van der Waals surface area contributed by atoms with Gasteiger partial charge in [0.05, 0.1) is 18.3 Å². The second-order valence-corrected chi connectivity index (χ2v) is 6.13. The van der Waals surface area contributed by atoms with Crippen molar-refractivity contribution in [3.63, 3.8) is 0 Å². The standard InChI is InChI=1S/C20H25N5O/c1-4-21-20(24-16(3)19-10-9-15(2)26-19)22-14-17-7-5-8-18(13-17)25-12-6-11-23-25/h5-13,16H,4,14H2,1-3H3,(H2,21,22,24). The Hall–Kier alpha value is -3.02. The van der Waals surface area contributed by atoms with Gasteiger partial charge in [0.15, 0.2) is 5.96 Å². The van der Waals surface area contributed by atoms with Crippen LogP contribution in [0.3, 0.4) is 0 Å². The van der Waals surface area contributed by atoms with Gasteiger partial charge in [-0.3, -0.25) is 0 Å². The Bertz CT molecular complexity index is 851. The fourth-order valence-electron chi connectivity index (χ4n) is 2.67. The van der Waals surface area contributed by atoms with Gasteiger partial charge in [0.25, 0.3) is 0 Å². The first kappa shape index (κ1) is 17.8. The fourth-order valence-corrected chi connectivity index (χ4v) is 2.67. The third-order valence-corrected chi connectivity index (χ3v) is 3.98. The van der Waals surface area contributed by atoms with Crippen molar-refractivity contribution in [1.29, 1.82) is 0 Å². The molecule has 0 aliphatic heterocycles. The van der Waals surface area contributed by atoms with Crippen LogP contribution in [0.15, 0.2) is 64.3 Å². The van der Waals surface area contributed by atoms with E-state index < -0.39 is 0 Å². The summed E-state index contributed by atoms with van der Waals surface area (Å²) in [6, 6.07) is 14.1. The van der Waals surface area contributed by atoms with E-state index in [0.29, 0.717) is 6.54 Å². The average molecular weight is 351 g/mol. The molecule has 1 aromatic carbocycles. The van der Waals surface area contributed by atoms with Crippen molar-refractivity contribution < 1.29 is 4.42 Å². The van der Waals surface area contributed by atoms with E-state index in [2.05, 4.69) is 41.7 Å². The summed E-state index contributed by atoms with van der Waals surface area (Å²) in [5.74, 6) is 2.57. The van der Waals surface area contributed by atoms with Gasteiger partial charge in [-0.15, -0.1) is 0 Å². The molecule has 136 valence electrons. The number of nitrogens with zero attached hydrogens (tertiary/aromatic N) is 3. The van der Waals surface area contributed by atoms with Gasteiger partial charge in [-0.05, 0) is 56.7 Å². The molecule has 0 bridgehead atoms. The number of benzene rings is 1. The number of furan rings is 1. The van der Waals surface area contributed by atoms with Gasteiger partial charge >= 0.3 is 0 Å². The monoisotopic (exact) mass is 351 g/mol. The Morgan fingerprint density at radius 2 is 2.15 bits per heavy atom. The lowest BCUT2D eigenvalue weighted by Crippen LogP contribution is -2.38. The average Bonchev–Trinajstić information content (AvgIpc) is 3.32. The van der Waals surface area contributed by atoms with Crippen LogP contribution in [0.25, 0.3) is 5.69 Å². The summed E-state index contributed by atoms with van der Waals surface area (Å²) in [5, 5.41) is 10.9. The molecule has 2 aromatic heterocycles. The van der Waals surface area contributed by atoms with Crippen molar-refractivity contribution >= 4 is 5.96 Å². The zero-order chi connectivity index (χ0) is 18.4. The molecular formula is C20H25N5O. The van der Waals surface area contributed by atoms with E-state index in [0.717, 1.165) is 35.3 Å². The molecule has 0 fully saturated rings. The summed E-state index contributed by atoms with van der Waals surface area (Å²) < 4.78 is 7.53. The Morgan fingerprint density at radius 1 is 1.27 bits per heavy atom. The maximum Gasteiger partial charge on any atom is 0.192 e. The van der Waals surface area contributed by atoms with Gasteiger partial charge in [-0.1, -0.05) is 12.1 Å². The molecule has 6 nitrogen and oxygen atoms in total. The van der Waals surface area contributed by atoms with E-state index in [-0.39, 0.29) is 6.04 Å². The zero-order valence-electron chi connectivity index (χ0n) is 15.4. The van der Waals surface area contributed by atoms with E-state index in [4.69, 9.17) is 9.41 Å². The van der Waals surface area contributed by atoms with Crippen LogP contribution in [0, 0.1) is 6.92 Å². The molecule has 2 N–H and O–H groups in total. The minimum atomic E-state index is 0.0388. The summed E-state index contributed by atoms with van der Waals surface area (Å²) in [7, 11) is 0. The molecule has 0 aliphatic rings. The quantitative estimate of drug-likeness (QED) is 0.526. The summed E-state index contributed by atoms with van der Waals surface area (Å²) >= 11 is 0. The summed E-state index contributed by atoms with van der Waals surface area (Å²) in [4.78, 5) is 4.70. The molecular weight excluding hydrogens is 326 g/mol. The molecule has 6 heteroatoms. The van der Waals surface area contributed by atoms with E-state index in [9.17, 15) is 0 Å². The first-order valence-corrected chi connectivity index (χ1v) is 8.86. The van der Waals surface area contributed by atoms with Crippen LogP contribution in [0.5, 0.6) is 0 Å². The van der Waals surface area contributed by atoms with Crippen molar-refractivity contribution in [2.75, 3.05) is 6.54 Å². The number of rotatable bonds is 6. The number of hydrogen-bond acceptors (Lipinski definition) is 3. The fraction of sp³-hybridized carbons (Fsp3) is 0.300. The molecule has 0 amide bonds. The highest BCUT2D eigenvalue weighted by molar-refractivity contribution is 5.80. The minimum absolute atomic E-state index is 0.0388. The second kappa shape index (κ2) is 8.38. The highest BCUT2D eigenvalue weighted by atomic mass is 16.3. The largest absolute Gasteiger partial charge is 0.464 e. The smallest absolute Gasteiger partial charge is 0.192 e. The SMILES string of the molecule is CCNC(=NCc1cccc(-n2cccn2)c1)NC(C)c1ccc(C)o1. The van der Waals surface area contributed by atoms with Crippen molar-refractivity contribution in [1.82, 2.24) is 20.4 Å². The van der Waals surface area contributed by atoms with E-state index >= 15 is 0 Å². The van der Waals surface area contributed by atoms with Crippen molar-refractivity contribution in [3.05, 3.63) is 71.9 Å². The lowest BCUT2D eigenvalue weighted by molar-refractivity contribution is 0.441. The molecule has 3 aromatic rings. The van der Waals surface area contributed by atoms with Crippen LogP contribution in [0.1, 0.15) is 37.0 Å². The number of aromatic nitrogens is 2. The van der Waals surface area contributed by atoms with Gasteiger partial charge in [-0.25, -0.2) is 9.67 Å². The normalized spacial score (nSPS) is 12.8. The van der Waals surface area contributed by atoms with Crippen LogP contribution in [0.4, 0.5) is 0 Å². The molecule has 1 atom stereocenters. The number of aliphatic imine (C=N–C) groups is 1. The number of aryl methyl sites for hydroxylation is 1. The Labute approximate surface area is 153 Å². The number of nitrogens with one attached hydrogen (secondary N) is 2. The predicted octanol–water partition coefficient (Wildman–Crippen LogP) is 3.59. The molecule has 0 spiro atoms. The third-order valence-electron chi connectivity index (χ3n) is 3.98. The lowest BCUT2D eigenvalue weighted by atomic mass is 10.2. The van der Waals surface area contributed by atoms with Gasteiger partial charge in [0.2, 0.25) is 0 Å². The number of hydrogen-bond donors (Lipinski definition) is 2. The van der Waals surface area contributed by atoms with E-state index in [1.165, 1.54) is 0 Å². The molecule has 3 rings (SSSR count). The topological polar surface area (TPSA) is 67.4 Å². The summed E-state index contributed by atoms with van der Waals surface area (Å²) in [5.41, 5.74) is 2.15. The van der Waals surface area contributed by atoms with Crippen LogP contribution in [-0.2, 0) is 6.54 Å². The lowest BCUT2D eigenvalue weighted by Gasteiger charge is -2.16. The molecule has 0 saturated carbocycles. The van der Waals surface area contributed by atoms with E-state index in [1.807, 2.05) is 48.1 Å². The Kier molecular flexibility index (Phi) is 5.73. The Balaban J connectivity index is 1.70. The predicted molar refractivity (Wildman–Crippen MR) is 103 cm³/mol. The first-order chi connectivity index (χ1) is 12.7. The molecule has 0 radical (unpaired) electrons. The van der Waals surface area contributed by atoms with Crippen molar-refractivity contribution in [3.8, 4) is 5.69 Å². The van der Waals surface area contributed by atoms with Crippen LogP contribution in [0.2, 0.25) is 0 Å². The summed E-state index contributed by atoms with van der Waals surface area (Å²) in [6.07, 6.45) is 3.71. The van der Waals surface area contributed by atoms with Gasteiger partial charge < -0.3 is 15.1 Å². The maximum atomic E-state index is 5.69. The van der Waals surface area contributed by atoms with Crippen LogP contribution < -0.4 is 10.6 Å². The third kappa shape index (κ3) is 4.53.